The average Bonchev–Trinajstić information content (AvgIpc) is 2.42. The molecule has 0 aliphatic heterocycles. The van der Waals surface area contributed by atoms with Gasteiger partial charge in [-0.2, -0.15) is 0 Å². The van der Waals surface area contributed by atoms with E-state index in [0.29, 0.717) is 23.6 Å². The van der Waals surface area contributed by atoms with E-state index in [0.717, 1.165) is 22.4 Å². The zero-order valence-corrected chi connectivity index (χ0v) is 13.0. The highest BCUT2D eigenvalue weighted by atomic mass is 35.5. The summed E-state index contributed by atoms with van der Waals surface area (Å²) in [5, 5.41) is 3.45. The quantitative estimate of drug-likeness (QED) is 0.835. The largest absolute Gasteiger partial charge is 0.399 e. The molecule has 1 amide bonds. The molecule has 0 unspecified atom stereocenters. The Kier molecular flexibility index (Phi) is 4.86. The van der Waals surface area contributed by atoms with Crippen molar-refractivity contribution in [2.45, 2.75) is 26.7 Å². The highest BCUT2D eigenvalue weighted by Gasteiger charge is 2.10. The lowest BCUT2D eigenvalue weighted by Crippen LogP contribution is -2.14. The van der Waals surface area contributed by atoms with Crippen molar-refractivity contribution in [3.05, 3.63) is 58.1 Å². The first-order valence-corrected chi connectivity index (χ1v) is 7.25. The lowest BCUT2D eigenvalue weighted by atomic mass is 10.1. The molecule has 3 N–H and O–H groups in total. The molecule has 0 aliphatic rings. The van der Waals surface area contributed by atoms with Gasteiger partial charge < -0.3 is 11.1 Å². The lowest BCUT2D eigenvalue weighted by Gasteiger charge is -2.12. The Hall–Kier alpha value is -2.00. The number of halogens is 1. The number of carbonyl (C=O) groups excluding carboxylic acids is 1. The van der Waals surface area contributed by atoms with Gasteiger partial charge in [0.05, 0.1) is 10.7 Å². The Bertz CT molecular complexity index is 645. The highest BCUT2D eigenvalue weighted by molar-refractivity contribution is 6.34. The van der Waals surface area contributed by atoms with E-state index in [2.05, 4.69) is 5.32 Å². The molecule has 0 fully saturated rings. The Labute approximate surface area is 130 Å². The molecule has 2 aromatic carbocycles. The van der Waals surface area contributed by atoms with E-state index >= 15 is 0 Å². The van der Waals surface area contributed by atoms with Crippen molar-refractivity contribution in [1.82, 2.24) is 0 Å². The van der Waals surface area contributed by atoms with Crippen LogP contribution in [0.5, 0.6) is 0 Å². The van der Waals surface area contributed by atoms with Gasteiger partial charge in [0.1, 0.15) is 0 Å². The topological polar surface area (TPSA) is 55.1 Å². The second kappa shape index (κ2) is 6.64. The molecule has 110 valence electrons. The van der Waals surface area contributed by atoms with Crippen LogP contribution in [0.15, 0.2) is 36.4 Å². The van der Waals surface area contributed by atoms with Gasteiger partial charge in [0.15, 0.2) is 0 Å². The van der Waals surface area contributed by atoms with E-state index < -0.39 is 0 Å². The van der Waals surface area contributed by atoms with Crippen LogP contribution >= 0.6 is 11.6 Å². The monoisotopic (exact) mass is 302 g/mol. The number of anilines is 2. The molecule has 4 heteroatoms. The maximum absolute atomic E-state index is 12.1. The molecule has 0 aromatic heterocycles. The molecule has 0 atom stereocenters. The summed E-state index contributed by atoms with van der Waals surface area (Å²) in [5.74, 6) is -0.0629. The summed E-state index contributed by atoms with van der Waals surface area (Å²) < 4.78 is 0. The number of amides is 1. The molecule has 0 spiro atoms. The summed E-state index contributed by atoms with van der Waals surface area (Å²) in [6.07, 6.45) is 0.985. The summed E-state index contributed by atoms with van der Waals surface area (Å²) in [4.78, 5) is 12.1. The van der Waals surface area contributed by atoms with Crippen molar-refractivity contribution in [3.63, 3.8) is 0 Å². The molecular weight excluding hydrogens is 284 g/mol. The second-order valence-corrected chi connectivity index (χ2v) is 5.59. The predicted octanol–water partition coefficient (Wildman–Crippen LogP) is 4.11. The Morgan fingerprint density at radius 1 is 1.24 bits per heavy atom. The molecule has 2 aromatic rings. The number of rotatable bonds is 4. The number of aryl methyl sites for hydroxylation is 3. The normalized spacial score (nSPS) is 10.4. The summed E-state index contributed by atoms with van der Waals surface area (Å²) in [7, 11) is 0. The molecule has 0 heterocycles. The number of nitrogens with two attached hydrogens (primary N) is 1. The number of nitrogens with one attached hydrogen (secondary N) is 1. The van der Waals surface area contributed by atoms with Crippen molar-refractivity contribution < 1.29 is 4.79 Å². The van der Waals surface area contributed by atoms with Gasteiger partial charge in [-0.15, -0.1) is 0 Å². The number of para-hydroxylation sites is 1. The van der Waals surface area contributed by atoms with Crippen LogP contribution in [0.1, 0.15) is 23.1 Å². The number of benzene rings is 2. The van der Waals surface area contributed by atoms with E-state index in [-0.39, 0.29) is 5.91 Å². The Morgan fingerprint density at radius 3 is 2.62 bits per heavy atom. The van der Waals surface area contributed by atoms with Gasteiger partial charge in [0, 0.05) is 12.1 Å². The van der Waals surface area contributed by atoms with Gasteiger partial charge in [-0.3, -0.25) is 4.79 Å². The fraction of sp³-hybridized carbons (Fsp3) is 0.235. The maximum atomic E-state index is 12.1. The summed E-state index contributed by atoms with van der Waals surface area (Å²) in [6.45, 7) is 3.91. The number of hydrogen-bond donors (Lipinski definition) is 2. The molecular formula is C17H19ClN2O. The fourth-order valence-electron chi connectivity index (χ4n) is 2.29. The van der Waals surface area contributed by atoms with Crippen LogP contribution in [0.4, 0.5) is 11.4 Å². The van der Waals surface area contributed by atoms with E-state index in [9.17, 15) is 4.79 Å². The van der Waals surface area contributed by atoms with Crippen LogP contribution in [-0.2, 0) is 11.2 Å². The van der Waals surface area contributed by atoms with Crippen molar-refractivity contribution in [2.75, 3.05) is 11.1 Å². The van der Waals surface area contributed by atoms with E-state index in [1.165, 1.54) is 0 Å². The van der Waals surface area contributed by atoms with Gasteiger partial charge in [0.25, 0.3) is 0 Å². The number of hydrogen-bond acceptors (Lipinski definition) is 2. The van der Waals surface area contributed by atoms with Crippen LogP contribution in [0.3, 0.4) is 0 Å². The summed E-state index contributed by atoms with van der Waals surface area (Å²) >= 11 is 6.19. The average molecular weight is 303 g/mol. The van der Waals surface area contributed by atoms with Gasteiger partial charge in [0.2, 0.25) is 5.91 Å². The van der Waals surface area contributed by atoms with Crippen molar-refractivity contribution in [3.8, 4) is 0 Å². The van der Waals surface area contributed by atoms with Crippen LogP contribution in [0.25, 0.3) is 0 Å². The molecule has 0 saturated carbocycles. The fourth-order valence-corrected chi connectivity index (χ4v) is 2.65. The Morgan fingerprint density at radius 2 is 1.95 bits per heavy atom. The second-order valence-electron chi connectivity index (χ2n) is 5.19. The minimum Gasteiger partial charge on any atom is -0.399 e. The minimum atomic E-state index is -0.0629. The van der Waals surface area contributed by atoms with Gasteiger partial charge in [-0.1, -0.05) is 35.9 Å². The third-order valence-corrected chi connectivity index (χ3v) is 3.67. The summed E-state index contributed by atoms with van der Waals surface area (Å²) in [5.41, 5.74) is 10.3. The molecule has 0 radical (unpaired) electrons. The van der Waals surface area contributed by atoms with Crippen molar-refractivity contribution in [1.29, 1.82) is 0 Å². The standard InChI is InChI=1S/C17H19ClN2O/c1-11-9-12(2)17(14(18)10-11)20-16(21)8-7-13-5-3-4-6-15(13)19/h3-6,9-10H,7-8,19H2,1-2H3,(H,20,21). The first kappa shape index (κ1) is 15.4. The zero-order chi connectivity index (χ0) is 15.4. The van der Waals surface area contributed by atoms with Crippen LogP contribution in [0, 0.1) is 13.8 Å². The van der Waals surface area contributed by atoms with E-state index in [1.54, 1.807) is 0 Å². The van der Waals surface area contributed by atoms with Gasteiger partial charge >= 0.3 is 0 Å². The van der Waals surface area contributed by atoms with E-state index in [1.807, 2.05) is 50.2 Å². The molecule has 0 saturated heterocycles. The van der Waals surface area contributed by atoms with Crippen molar-refractivity contribution in [2.24, 2.45) is 0 Å². The van der Waals surface area contributed by atoms with Crippen LogP contribution in [-0.4, -0.2) is 5.91 Å². The zero-order valence-electron chi connectivity index (χ0n) is 12.2. The smallest absolute Gasteiger partial charge is 0.224 e. The van der Waals surface area contributed by atoms with Crippen LogP contribution in [0.2, 0.25) is 5.02 Å². The molecule has 0 bridgehead atoms. The lowest BCUT2D eigenvalue weighted by molar-refractivity contribution is -0.116. The molecule has 2 rings (SSSR count). The molecule has 0 aliphatic carbocycles. The maximum Gasteiger partial charge on any atom is 0.224 e. The SMILES string of the molecule is Cc1cc(C)c(NC(=O)CCc2ccccc2N)c(Cl)c1. The molecule has 3 nitrogen and oxygen atoms in total. The number of nitrogen functional groups attached to an aromatic ring is 1. The van der Waals surface area contributed by atoms with Gasteiger partial charge in [-0.25, -0.2) is 0 Å². The minimum absolute atomic E-state index is 0.0629. The van der Waals surface area contributed by atoms with Crippen LogP contribution < -0.4 is 11.1 Å². The third kappa shape index (κ3) is 3.99. The number of carbonyl (C=O) groups is 1. The predicted molar refractivity (Wildman–Crippen MR) is 88.7 cm³/mol. The first-order chi connectivity index (χ1) is 9.97. The Balaban J connectivity index is 2.01. The van der Waals surface area contributed by atoms with Crippen molar-refractivity contribution >= 4 is 28.9 Å². The molecule has 21 heavy (non-hydrogen) atoms. The highest BCUT2D eigenvalue weighted by Crippen LogP contribution is 2.27. The van der Waals surface area contributed by atoms with E-state index in [4.69, 9.17) is 17.3 Å². The third-order valence-electron chi connectivity index (χ3n) is 3.37. The summed E-state index contributed by atoms with van der Waals surface area (Å²) in [6, 6.07) is 11.4. The first-order valence-electron chi connectivity index (χ1n) is 6.87. The van der Waals surface area contributed by atoms with Gasteiger partial charge in [-0.05, 0) is 49.1 Å².